The first-order valence-corrected chi connectivity index (χ1v) is 10.5. The molecule has 0 atom stereocenters. The Bertz CT molecular complexity index is 1170. The van der Waals surface area contributed by atoms with Crippen molar-refractivity contribution in [3.8, 4) is 11.5 Å². The first-order chi connectivity index (χ1) is 15.3. The summed E-state index contributed by atoms with van der Waals surface area (Å²) in [5, 5.41) is 5.83. The van der Waals surface area contributed by atoms with E-state index < -0.39 is 0 Å². The first-order valence-electron chi connectivity index (χ1n) is 10.5. The van der Waals surface area contributed by atoms with E-state index in [4.69, 9.17) is 9.47 Å². The molecule has 0 aliphatic rings. The van der Waals surface area contributed by atoms with Gasteiger partial charge in [-0.1, -0.05) is 66.7 Å². The van der Waals surface area contributed by atoms with Gasteiger partial charge in [0.15, 0.2) is 0 Å². The van der Waals surface area contributed by atoms with Gasteiger partial charge in [-0.05, 0) is 47.5 Å². The number of hydrogen-bond donors (Lipinski definition) is 1. The summed E-state index contributed by atoms with van der Waals surface area (Å²) in [6.45, 7) is 1.65. The standard InChI is InChI=1S/C27H26FNO2.ClH/c1-30-26-13-7-4-9-21(26)16-17-29-18-24-23-11-5-2-8-20(23)14-15-27(24)31-19-22-10-3-6-12-25(22)28;/h2-15,29H,16-19H2,1H3;1H. The third-order valence-electron chi connectivity index (χ3n) is 5.40. The van der Waals surface area contributed by atoms with Crippen LogP contribution >= 0.6 is 12.4 Å². The van der Waals surface area contributed by atoms with Crippen molar-refractivity contribution in [2.45, 2.75) is 19.6 Å². The maximum Gasteiger partial charge on any atom is 0.129 e. The lowest BCUT2D eigenvalue weighted by Crippen LogP contribution is -2.18. The minimum Gasteiger partial charge on any atom is -0.496 e. The molecule has 4 aromatic carbocycles. The zero-order valence-electron chi connectivity index (χ0n) is 18.0. The van der Waals surface area contributed by atoms with E-state index in [9.17, 15) is 4.39 Å². The number of ether oxygens (including phenoxy) is 2. The summed E-state index contributed by atoms with van der Waals surface area (Å²) in [4.78, 5) is 0. The number of nitrogens with one attached hydrogen (secondary N) is 1. The quantitative estimate of drug-likeness (QED) is 0.302. The van der Waals surface area contributed by atoms with Crippen molar-refractivity contribution < 1.29 is 13.9 Å². The molecule has 0 aromatic heterocycles. The largest absolute Gasteiger partial charge is 0.496 e. The number of benzene rings is 4. The highest BCUT2D eigenvalue weighted by Gasteiger charge is 2.11. The second kappa shape index (κ2) is 11.5. The van der Waals surface area contributed by atoms with Crippen LogP contribution in [0, 0.1) is 5.82 Å². The average molecular weight is 452 g/mol. The molecule has 0 spiro atoms. The number of para-hydroxylation sites is 1. The van der Waals surface area contributed by atoms with Gasteiger partial charge in [-0.2, -0.15) is 0 Å². The SMILES string of the molecule is COc1ccccc1CCNCc1c(OCc2ccccc2F)ccc2ccccc12.Cl. The second-order valence-electron chi connectivity index (χ2n) is 7.38. The average Bonchev–Trinajstić information content (AvgIpc) is 2.82. The highest BCUT2D eigenvalue weighted by atomic mass is 35.5. The van der Waals surface area contributed by atoms with E-state index in [1.807, 2.05) is 48.5 Å². The lowest BCUT2D eigenvalue weighted by molar-refractivity contribution is 0.296. The lowest BCUT2D eigenvalue weighted by Gasteiger charge is -2.16. The molecule has 5 heteroatoms. The van der Waals surface area contributed by atoms with Crippen molar-refractivity contribution in [2.75, 3.05) is 13.7 Å². The van der Waals surface area contributed by atoms with Crippen molar-refractivity contribution >= 4 is 23.2 Å². The molecule has 32 heavy (non-hydrogen) atoms. The van der Waals surface area contributed by atoms with Crippen LogP contribution in [-0.4, -0.2) is 13.7 Å². The molecule has 0 unspecified atom stereocenters. The van der Waals surface area contributed by atoms with Crippen LogP contribution in [0.5, 0.6) is 11.5 Å². The Morgan fingerprint density at radius 2 is 1.50 bits per heavy atom. The first kappa shape index (κ1) is 23.6. The molecule has 3 nitrogen and oxygen atoms in total. The maximum absolute atomic E-state index is 14.0. The van der Waals surface area contributed by atoms with Crippen molar-refractivity contribution in [1.29, 1.82) is 0 Å². The van der Waals surface area contributed by atoms with E-state index in [0.717, 1.165) is 40.8 Å². The van der Waals surface area contributed by atoms with Crippen LogP contribution in [0.1, 0.15) is 16.7 Å². The Hall–Kier alpha value is -3.08. The molecule has 1 N–H and O–H groups in total. The molecule has 0 radical (unpaired) electrons. The summed E-state index contributed by atoms with van der Waals surface area (Å²) < 4.78 is 25.5. The van der Waals surface area contributed by atoms with E-state index in [1.165, 1.54) is 11.6 Å². The van der Waals surface area contributed by atoms with Crippen molar-refractivity contribution in [3.05, 3.63) is 107 Å². The van der Waals surface area contributed by atoms with Crippen LogP contribution in [0.4, 0.5) is 4.39 Å². The molecule has 0 fully saturated rings. The Balaban J connectivity index is 0.00000289. The van der Waals surface area contributed by atoms with Crippen LogP contribution in [0.15, 0.2) is 84.9 Å². The van der Waals surface area contributed by atoms with Crippen LogP contribution < -0.4 is 14.8 Å². The van der Waals surface area contributed by atoms with Gasteiger partial charge in [0.1, 0.15) is 23.9 Å². The minimum absolute atomic E-state index is 0. The zero-order chi connectivity index (χ0) is 21.5. The third kappa shape index (κ3) is 5.58. The van der Waals surface area contributed by atoms with Crippen LogP contribution in [0.3, 0.4) is 0 Å². The summed E-state index contributed by atoms with van der Waals surface area (Å²) >= 11 is 0. The van der Waals surface area contributed by atoms with Gasteiger partial charge in [-0.3, -0.25) is 0 Å². The number of fused-ring (bicyclic) bond motifs is 1. The molecule has 4 rings (SSSR count). The van der Waals surface area contributed by atoms with Gasteiger partial charge in [0, 0.05) is 17.7 Å². The number of methoxy groups -OCH3 is 1. The van der Waals surface area contributed by atoms with Crippen LogP contribution in [-0.2, 0) is 19.6 Å². The molecule has 0 heterocycles. The van der Waals surface area contributed by atoms with Gasteiger partial charge >= 0.3 is 0 Å². The Morgan fingerprint density at radius 1 is 0.781 bits per heavy atom. The van der Waals surface area contributed by atoms with Gasteiger partial charge < -0.3 is 14.8 Å². The fourth-order valence-corrected chi connectivity index (χ4v) is 3.75. The van der Waals surface area contributed by atoms with E-state index in [2.05, 4.69) is 23.5 Å². The van der Waals surface area contributed by atoms with Crippen molar-refractivity contribution in [2.24, 2.45) is 0 Å². The normalized spacial score (nSPS) is 10.6. The summed E-state index contributed by atoms with van der Waals surface area (Å²) in [7, 11) is 1.70. The molecule has 0 aliphatic heterocycles. The molecule has 0 saturated heterocycles. The van der Waals surface area contributed by atoms with Gasteiger partial charge in [0.05, 0.1) is 7.11 Å². The van der Waals surface area contributed by atoms with Crippen LogP contribution in [0.25, 0.3) is 10.8 Å². The Labute approximate surface area is 194 Å². The summed E-state index contributed by atoms with van der Waals surface area (Å²) in [5.41, 5.74) is 2.80. The van der Waals surface area contributed by atoms with Gasteiger partial charge in [0.2, 0.25) is 0 Å². The van der Waals surface area contributed by atoms with Crippen molar-refractivity contribution in [1.82, 2.24) is 5.32 Å². The lowest BCUT2D eigenvalue weighted by atomic mass is 10.0. The molecular weight excluding hydrogens is 425 g/mol. The predicted molar refractivity (Wildman–Crippen MR) is 130 cm³/mol. The summed E-state index contributed by atoms with van der Waals surface area (Å²) in [5.74, 6) is 1.43. The highest BCUT2D eigenvalue weighted by Crippen LogP contribution is 2.29. The number of rotatable bonds is 9. The molecule has 0 saturated carbocycles. The third-order valence-corrected chi connectivity index (χ3v) is 5.40. The molecule has 4 aromatic rings. The monoisotopic (exact) mass is 451 g/mol. The minimum atomic E-state index is -0.250. The molecule has 166 valence electrons. The van der Waals surface area contributed by atoms with Gasteiger partial charge in [-0.15, -0.1) is 12.4 Å². The highest BCUT2D eigenvalue weighted by molar-refractivity contribution is 5.87. The predicted octanol–water partition coefficient (Wildman–Crippen LogP) is 6.32. The van der Waals surface area contributed by atoms with E-state index in [-0.39, 0.29) is 24.8 Å². The van der Waals surface area contributed by atoms with Crippen LogP contribution in [0.2, 0.25) is 0 Å². The fourth-order valence-electron chi connectivity index (χ4n) is 3.75. The Kier molecular flexibility index (Phi) is 8.48. The van der Waals surface area contributed by atoms with Crippen molar-refractivity contribution in [3.63, 3.8) is 0 Å². The second-order valence-corrected chi connectivity index (χ2v) is 7.38. The molecule has 0 bridgehead atoms. The zero-order valence-corrected chi connectivity index (χ0v) is 18.8. The Morgan fingerprint density at radius 3 is 2.31 bits per heavy atom. The molecule has 0 aliphatic carbocycles. The summed E-state index contributed by atoms with van der Waals surface area (Å²) in [6.07, 6.45) is 0.861. The molecule has 0 amide bonds. The topological polar surface area (TPSA) is 30.5 Å². The maximum atomic E-state index is 14.0. The fraction of sp³-hybridized carbons (Fsp3) is 0.185. The van der Waals surface area contributed by atoms with Gasteiger partial charge in [-0.25, -0.2) is 4.39 Å². The van der Waals surface area contributed by atoms with Gasteiger partial charge in [0.25, 0.3) is 0 Å². The summed E-state index contributed by atoms with van der Waals surface area (Å²) in [6, 6.07) is 27.1. The van der Waals surface area contributed by atoms with E-state index >= 15 is 0 Å². The number of hydrogen-bond acceptors (Lipinski definition) is 3. The molecular formula is C27H27ClFNO2. The number of halogens is 2. The van der Waals surface area contributed by atoms with E-state index in [0.29, 0.717) is 12.1 Å². The smallest absolute Gasteiger partial charge is 0.129 e. The van der Waals surface area contributed by atoms with E-state index in [1.54, 1.807) is 19.2 Å².